The molecular weight excluding hydrogens is 384 g/mol. The molecule has 2 heterocycles. The van der Waals surface area contributed by atoms with Gasteiger partial charge in [-0.3, -0.25) is 4.79 Å². The highest BCUT2D eigenvalue weighted by molar-refractivity contribution is 7.89. The van der Waals surface area contributed by atoms with Crippen LogP contribution in [0.15, 0.2) is 33.7 Å². The Morgan fingerprint density at radius 1 is 1.25 bits per heavy atom. The van der Waals surface area contributed by atoms with Crippen molar-refractivity contribution in [3.63, 3.8) is 0 Å². The Hall–Kier alpha value is -2.90. The van der Waals surface area contributed by atoms with Crippen molar-refractivity contribution >= 4 is 15.9 Å². The number of aromatic nitrogens is 1. The zero-order valence-corrected chi connectivity index (χ0v) is 16.4. The molecule has 10 heteroatoms. The largest absolute Gasteiger partial charge is 0.482 e. The molecule has 1 saturated heterocycles. The topological polar surface area (TPSA) is 117 Å². The molecule has 0 radical (unpaired) electrons. The number of para-hydroxylation sites is 1. The Kier molecular flexibility index (Phi) is 5.67. The summed E-state index contributed by atoms with van der Waals surface area (Å²) in [6.07, 6.45) is 0. The molecule has 0 saturated carbocycles. The van der Waals surface area contributed by atoms with Gasteiger partial charge in [0.15, 0.2) is 12.4 Å². The van der Waals surface area contributed by atoms with Gasteiger partial charge < -0.3 is 14.2 Å². The number of benzene rings is 1. The van der Waals surface area contributed by atoms with Gasteiger partial charge in [0.05, 0.1) is 5.56 Å². The van der Waals surface area contributed by atoms with Gasteiger partial charge in [0.1, 0.15) is 22.4 Å². The first-order chi connectivity index (χ1) is 13.3. The monoisotopic (exact) mass is 404 g/mol. The molecule has 1 aliphatic rings. The Bertz CT molecular complexity index is 997. The van der Waals surface area contributed by atoms with Crippen molar-refractivity contribution in [3.05, 3.63) is 41.3 Å². The normalized spacial score (nSPS) is 15.2. The molecule has 3 rings (SSSR count). The molecule has 9 nitrogen and oxygen atoms in total. The van der Waals surface area contributed by atoms with Gasteiger partial charge in [-0.2, -0.15) is 9.57 Å². The van der Waals surface area contributed by atoms with Crippen LogP contribution in [0.3, 0.4) is 0 Å². The standard InChI is InChI=1S/C18H20N4O5S/c1-13-18(14(2)27-20-13)28(24,25)22-9-7-21(8-10-22)17(23)12-26-16-6-4-3-5-15(16)11-19/h3-6H,7-10,12H2,1-2H3. The lowest BCUT2D eigenvalue weighted by molar-refractivity contribution is -0.134. The molecule has 0 aliphatic carbocycles. The maximum absolute atomic E-state index is 12.8. The van der Waals surface area contributed by atoms with Crippen LogP contribution in [0.4, 0.5) is 0 Å². The SMILES string of the molecule is Cc1noc(C)c1S(=O)(=O)N1CCN(C(=O)COc2ccccc2C#N)CC1. The van der Waals surface area contributed by atoms with Crippen LogP contribution >= 0.6 is 0 Å². The van der Waals surface area contributed by atoms with Gasteiger partial charge in [-0.25, -0.2) is 8.42 Å². The summed E-state index contributed by atoms with van der Waals surface area (Å²) in [6, 6.07) is 8.68. The fourth-order valence-corrected chi connectivity index (χ4v) is 4.78. The van der Waals surface area contributed by atoms with Crippen molar-refractivity contribution in [2.75, 3.05) is 32.8 Å². The second-order valence-electron chi connectivity index (χ2n) is 6.33. The molecule has 0 spiro atoms. The number of nitrogens with zero attached hydrogens (tertiary/aromatic N) is 4. The van der Waals surface area contributed by atoms with E-state index in [1.165, 1.54) is 4.31 Å². The summed E-state index contributed by atoms with van der Waals surface area (Å²) in [5, 5.41) is 12.8. The lowest BCUT2D eigenvalue weighted by Gasteiger charge is -2.33. The maximum atomic E-state index is 12.8. The molecule has 28 heavy (non-hydrogen) atoms. The van der Waals surface area contributed by atoms with E-state index in [0.717, 1.165) is 0 Å². The molecule has 1 aromatic heterocycles. The number of hydrogen-bond donors (Lipinski definition) is 0. The second kappa shape index (κ2) is 8.00. The number of carbonyl (C=O) groups excluding carboxylic acids is 1. The number of rotatable bonds is 5. The molecule has 0 N–H and O–H groups in total. The van der Waals surface area contributed by atoms with E-state index in [1.807, 2.05) is 6.07 Å². The minimum Gasteiger partial charge on any atom is -0.482 e. The molecule has 1 amide bonds. The summed E-state index contributed by atoms with van der Waals surface area (Å²) in [5.74, 6) is 0.334. The first kappa shape index (κ1) is 19.9. The second-order valence-corrected chi connectivity index (χ2v) is 8.21. The predicted molar refractivity (Wildman–Crippen MR) is 98.0 cm³/mol. The van der Waals surface area contributed by atoms with Gasteiger partial charge in [0.2, 0.25) is 10.0 Å². The molecule has 0 atom stereocenters. The minimum atomic E-state index is -3.72. The lowest BCUT2D eigenvalue weighted by Crippen LogP contribution is -2.51. The van der Waals surface area contributed by atoms with Crippen molar-refractivity contribution in [2.45, 2.75) is 18.7 Å². The molecule has 1 fully saturated rings. The zero-order valence-electron chi connectivity index (χ0n) is 15.6. The Balaban J connectivity index is 1.59. The van der Waals surface area contributed by atoms with Gasteiger partial charge >= 0.3 is 0 Å². The third kappa shape index (κ3) is 3.85. The summed E-state index contributed by atoms with van der Waals surface area (Å²) in [5.41, 5.74) is 0.672. The average molecular weight is 404 g/mol. The van der Waals surface area contributed by atoms with Crippen molar-refractivity contribution < 1.29 is 22.5 Å². The number of carbonyl (C=O) groups is 1. The maximum Gasteiger partial charge on any atom is 0.260 e. The Morgan fingerprint density at radius 2 is 1.93 bits per heavy atom. The van der Waals surface area contributed by atoms with Gasteiger partial charge in [0.25, 0.3) is 5.91 Å². The molecule has 148 valence electrons. The minimum absolute atomic E-state index is 0.0868. The third-order valence-corrected chi connectivity index (χ3v) is 6.66. The highest BCUT2D eigenvalue weighted by Gasteiger charge is 2.34. The fourth-order valence-electron chi connectivity index (χ4n) is 3.07. The van der Waals surface area contributed by atoms with Gasteiger partial charge in [0, 0.05) is 26.2 Å². The van der Waals surface area contributed by atoms with Crippen LogP contribution in [0.25, 0.3) is 0 Å². The first-order valence-corrected chi connectivity index (χ1v) is 10.1. The van der Waals surface area contributed by atoms with E-state index in [-0.39, 0.29) is 49.3 Å². The molecular formula is C18H20N4O5S. The van der Waals surface area contributed by atoms with Crippen LogP contribution in [-0.4, -0.2) is 61.5 Å². The van der Waals surface area contributed by atoms with Gasteiger partial charge in [-0.15, -0.1) is 0 Å². The summed E-state index contributed by atoms with van der Waals surface area (Å²) in [6.45, 7) is 3.78. The number of piperazine rings is 1. The molecule has 1 aliphatic heterocycles. The van der Waals surface area contributed by atoms with E-state index >= 15 is 0 Å². The van der Waals surface area contributed by atoms with E-state index in [9.17, 15) is 13.2 Å². The Morgan fingerprint density at radius 3 is 2.54 bits per heavy atom. The quantitative estimate of drug-likeness (QED) is 0.732. The van der Waals surface area contributed by atoms with Crippen LogP contribution in [0.1, 0.15) is 17.0 Å². The summed E-state index contributed by atoms with van der Waals surface area (Å²) < 4.78 is 37.4. The molecule has 1 aromatic carbocycles. The highest BCUT2D eigenvalue weighted by Crippen LogP contribution is 2.24. The molecule has 2 aromatic rings. The third-order valence-electron chi connectivity index (χ3n) is 4.52. The highest BCUT2D eigenvalue weighted by atomic mass is 32.2. The van der Waals surface area contributed by atoms with Gasteiger partial charge in [-0.1, -0.05) is 17.3 Å². The summed E-state index contributed by atoms with van der Waals surface area (Å²) in [4.78, 5) is 14.0. The van der Waals surface area contributed by atoms with Gasteiger partial charge in [-0.05, 0) is 26.0 Å². The van der Waals surface area contributed by atoms with E-state index in [4.69, 9.17) is 14.5 Å². The van der Waals surface area contributed by atoms with Crippen molar-refractivity contribution in [2.24, 2.45) is 0 Å². The van der Waals surface area contributed by atoms with Crippen molar-refractivity contribution in [1.82, 2.24) is 14.4 Å². The lowest BCUT2D eigenvalue weighted by atomic mass is 10.2. The number of aryl methyl sites for hydroxylation is 2. The number of amides is 1. The van der Waals surface area contributed by atoms with E-state index < -0.39 is 10.0 Å². The number of sulfonamides is 1. The zero-order chi connectivity index (χ0) is 20.3. The van der Waals surface area contributed by atoms with Crippen molar-refractivity contribution in [3.8, 4) is 11.8 Å². The van der Waals surface area contributed by atoms with Crippen LogP contribution in [0.5, 0.6) is 5.75 Å². The fraction of sp³-hybridized carbons (Fsp3) is 0.389. The average Bonchev–Trinajstić information content (AvgIpc) is 3.05. The number of ether oxygens (including phenoxy) is 1. The Labute approximate surface area is 163 Å². The van der Waals surface area contributed by atoms with Crippen LogP contribution in [0.2, 0.25) is 0 Å². The predicted octanol–water partition coefficient (Wildman–Crippen LogP) is 1.08. The molecule has 0 unspecified atom stereocenters. The molecule has 0 bridgehead atoms. The van der Waals surface area contributed by atoms with E-state index in [1.54, 1.807) is 43.0 Å². The summed E-state index contributed by atoms with van der Waals surface area (Å²) in [7, 11) is -3.72. The summed E-state index contributed by atoms with van der Waals surface area (Å²) >= 11 is 0. The number of nitriles is 1. The van der Waals surface area contributed by atoms with E-state index in [0.29, 0.717) is 17.0 Å². The smallest absolute Gasteiger partial charge is 0.260 e. The number of hydrogen-bond acceptors (Lipinski definition) is 7. The van der Waals surface area contributed by atoms with Crippen LogP contribution < -0.4 is 4.74 Å². The van der Waals surface area contributed by atoms with E-state index in [2.05, 4.69) is 5.16 Å². The first-order valence-electron chi connectivity index (χ1n) is 8.67. The van der Waals surface area contributed by atoms with Crippen LogP contribution in [0, 0.1) is 25.2 Å². The van der Waals surface area contributed by atoms with Crippen molar-refractivity contribution in [1.29, 1.82) is 5.26 Å². The van der Waals surface area contributed by atoms with Crippen LogP contribution in [-0.2, 0) is 14.8 Å².